The smallest absolute Gasteiger partial charge is 0.296 e. The first-order valence-corrected chi connectivity index (χ1v) is 6.70. The van der Waals surface area contributed by atoms with Crippen molar-refractivity contribution in [2.45, 2.75) is 13.0 Å². The number of oxazole rings is 1. The van der Waals surface area contributed by atoms with Gasteiger partial charge in [0, 0.05) is 5.69 Å². The molecular weight excluding hydrogens is 266 g/mol. The highest BCUT2D eigenvalue weighted by molar-refractivity contribution is 5.96. The van der Waals surface area contributed by atoms with E-state index < -0.39 is 6.04 Å². The lowest BCUT2D eigenvalue weighted by Crippen LogP contribution is -2.31. The minimum Gasteiger partial charge on any atom is -0.424 e. The van der Waals surface area contributed by atoms with Gasteiger partial charge < -0.3 is 15.1 Å². The molecule has 0 saturated heterocycles. The Morgan fingerprint density at radius 2 is 1.81 bits per heavy atom. The zero-order valence-corrected chi connectivity index (χ0v) is 11.5. The fourth-order valence-electron chi connectivity index (χ4n) is 1.96. The standard InChI is InChI=1S/C16H15N3O2/c1-11(15(20)18-12-7-3-2-4-8-12)17-16-19-13-9-5-6-10-14(13)21-16/h2-11H,1H3,(H,17,19)(H,18,20). The Morgan fingerprint density at radius 3 is 2.57 bits per heavy atom. The van der Waals surface area contributed by atoms with E-state index in [0.29, 0.717) is 11.6 Å². The van der Waals surface area contributed by atoms with E-state index in [1.54, 1.807) is 6.92 Å². The predicted molar refractivity (Wildman–Crippen MR) is 82.2 cm³/mol. The van der Waals surface area contributed by atoms with E-state index in [9.17, 15) is 4.79 Å². The molecule has 0 saturated carbocycles. The van der Waals surface area contributed by atoms with Gasteiger partial charge in [0.2, 0.25) is 5.91 Å². The van der Waals surface area contributed by atoms with Crippen LogP contribution in [0.1, 0.15) is 6.92 Å². The number of carbonyl (C=O) groups excluding carboxylic acids is 1. The van der Waals surface area contributed by atoms with Crippen LogP contribution >= 0.6 is 0 Å². The number of carbonyl (C=O) groups is 1. The first-order chi connectivity index (χ1) is 10.2. The van der Waals surface area contributed by atoms with Crippen LogP contribution in [0.4, 0.5) is 11.7 Å². The van der Waals surface area contributed by atoms with Crippen molar-refractivity contribution in [3.05, 3.63) is 54.6 Å². The molecule has 1 aromatic heterocycles. The number of hydrogen-bond donors (Lipinski definition) is 2. The molecule has 0 bridgehead atoms. The van der Waals surface area contributed by atoms with Gasteiger partial charge in [0.15, 0.2) is 5.58 Å². The molecule has 1 atom stereocenters. The van der Waals surface area contributed by atoms with Crippen molar-refractivity contribution >= 4 is 28.7 Å². The van der Waals surface area contributed by atoms with Gasteiger partial charge in [-0.2, -0.15) is 4.98 Å². The maximum atomic E-state index is 12.1. The van der Waals surface area contributed by atoms with Crippen LogP contribution in [0, 0.1) is 0 Å². The number of anilines is 2. The SMILES string of the molecule is CC(Nc1nc2ccccc2o1)C(=O)Nc1ccccc1. The number of para-hydroxylation sites is 3. The summed E-state index contributed by atoms with van der Waals surface area (Å²) in [5.41, 5.74) is 2.21. The van der Waals surface area contributed by atoms with Crippen LogP contribution in [0.25, 0.3) is 11.1 Å². The summed E-state index contributed by atoms with van der Waals surface area (Å²) in [4.78, 5) is 16.4. The van der Waals surface area contributed by atoms with Gasteiger partial charge >= 0.3 is 0 Å². The van der Waals surface area contributed by atoms with Crippen LogP contribution in [-0.4, -0.2) is 16.9 Å². The second kappa shape index (κ2) is 5.66. The van der Waals surface area contributed by atoms with Crippen LogP contribution in [0.3, 0.4) is 0 Å². The molecule has 2 N–H and O–H groups in total. The summed E-state index contributed by atoms with van der Waals surface area (Å²) >= 11 is 0. The molecule has 0 spiro atoms. The van der Waals surface area contributed by atoms with Gasteiger partial charge in [0.25, 0.3) is 6.01 Å². The second-order valence-electron chi connectivity index (χ2n) is 4.71. The quantitative estimate of drug-likeness (QED) is 0.770. The van der Waals surface area contributed by atoms with Crippen LogP contribution in [-0.2, 0) is 4.79 Å². The maximum Gasteiger partial charge on any atom is 0.296 e. The number of fused-ring (bicyclic) bond motifs is 1. The Kier molecular flexibility index (Phi) is 3.55. The number of amides is 1. The van der Waals surface area contributed by atoms with Gasteiger partial charge in [-0.1, -0.05) is 30.3 Å². The third-order valence-corrected chi connectivity index (χ3v) is 3.07. The third kappa shape index (κ3) is 3.02. The summed E-state index contributed by atoms with van der Waals surface area (Å²) < 4.78 is 5.54. The molecule has 5 nitrogen and oxygen atoms in total. The summed E-state index contributed by atoms with van der Waals surface area (Å²) in [5.74, 6) is -0.150. The first kappa shape index (κ1) is 13.2. The summed E-state index contributed by atoms with van der Waals surface area (Å²) in [6.45, 7) is 1.76. The lowest BCUT2D eigenvalue weighted by atomic mass is 10.3. The molecule has 1 unspecified atom stereocenters. The normalized spacial score (nSPS) is 12.0. The zero-order valence-electron chi connectivity index (χ0n) is 11.5. The highest BCUT2D eigenvalue weighted by Gasteiger charge is 2.15. The van der Waals surface area contributed by atoms with Crippen molar-refractivity contribution in [1.82, 2.24) is 4.98 Å². The Morgan fingerprint density at radius 1 is 1.10 bits per heavy atom. The van der Waals surface area contributed by atoms with E-state index in [4.69, 9.17) is 4.42 Å². The lowest BCUT2D eigenvalue weighted by Gasteiger charge is -2.12. The Hall–Kier alpha value is -2.82. The van der Waals surface area contributed by atoms with E-state index in [-0.39, 0.29) is 5.91 Å². The molecule has 21 heavy (non-hydrogen) atoms. The molecule has 5 heteroatoms. The number of benzene rings is 2. The average molecular weight is 281 g/mol. The number of nitrogens with one attached hydrogen (secondary N) is 2. The lowest BCUT2D eigenvalue weighted by molar-refractivity contribution is -0.116. The topological polar surface area (TPSA) is 67.2 Å². The summed E-state index contributed by atoms with van der Waals surface area (Å²) in [6.07, 6.45) is 0. The molecule has 1 amide bonds. The highest BCUT2D eigenvalue weighted by atomic mass is 16.4. The molecule has 3 rings (SSSR count). The first-order valence-electron chi connectivity index (χ1n) is 6.70. The number of rotatable bonds is 4. The van der Waals surface area contributed by atoms with Crippen LogP contribution in [0.5, 0.6) is 0 Å². The molecule has 106 valence electrons. The summed E-state index contributed by atoms with van der Waals surface area (Å²) in [7, 11) is 0. The van der Waals surface area contributed by atoms with E-state index >= 15 is 0 Å². The van der Waals surface area contributed by atoms with Gasteiger partial charge in [-0.3, -0.25) is 4.79 Å². The van der Waals surface area contributed by atoms with Crippen molar-refractivity contribution in [2.75, 3.05) is 10.6 Å². The molecule has 0 radical (unpaired) electrons. The van der Waals surface area contributed by atoms with Crippen molar-refractivity contribution in [1.29, 1.82) is 0 Å². The Balaban J connectivity index is 1.67. The zero-order chi connectivity index (χ0) is 14.7. The molecule has 3 aromatic rings. The maximum absolute atomic E-state index is 12.1. The fraction of sp³-hybridized carbons (Fsp3) is 0.125. The van der Waals surface area contributed by atoms with Gasteiger partial charge in [0.05, 0.1) is 0 Å². The molecule has 1 heterocycles. The fourth-order valence-corrected chi connectivity index (χ4v) is 1.96. The monoisotopic (exact) mass is 281 g/mol. The van der Waals surface area contributed by atoms with E-state index in [1.807, 2.05) is 54.6 Å². The predicted octanol–water partition coefficient (Wildman–Crippen LogP) is 3.27. The third-order valence-electron chi connectivity index (χ3n) is 3.07. The largest absolute Gasteiger partial charge is 0.424 e. The van der Waals surface area contributed by atoms with E-state index in [0.717, 1.165) is 11.2 Å². The van der Waals surface area contributed by atoms with Gasteiger partial charge in [-0.15, -0.1) is 0 Å². The Labute approximate surface area is 122 Å². The number of nitrogens with zero attached hydrogens (tertiary/aromatic N) is 1. The van der Waals surface area contributed by atoms with Crippen LogP contribution in [0.15, 0.2) is 59.0 Å². The van der Waals surface area contributed by atoms with Gasteiger partial charge in [-0.25, -0.2) is 0 Å². The number of aromatic nitrogens is 1. The minimum absolute atomic E-state index is 0.150. The average Bonchev–Trinajstić information content (AvgIpc) is 2.90. The summed E-state index contributed by atoms with van der Waals surface area (Å²) in [5, 5.41) is 5.79. The molecule has 0 fully saturated rings. The molecule has 0 aliphatic rings. The van der Waals surface area contributed by atoms with Gasteiger partial charge in [-0.05, 0) is 31.2 Å². The van der Waals surface area contributed by atoms with Crippen molar-refractivity contribution in [3.8, 4) is 0 Å². The minimum atomic E-state index is -0.460. The Bertz CT molecular complexity index is 719. The number of hydrogen-bond acceptors (Lipinski definition) is 4. The van der Waals surface area contributed by atoms with Crippen molar-refractivity contribution < 1.29 is 9.21 Å². The van der Waals surface area contributed by atoms with Crippen LogP contribution < -0.4 is 10.6 Å². The summed E-state index contributed by atoms with van der Waals surface area (Å²) in [6, 6.07) is 16.7. The van der Waals surface area contributed by atoms with Crippen molar-refractivity contribution in [2.24, 2.45) is 0 Å². The van der Waals surface area contributed by atoms with Crippen molar-refractivity contribution in [3.63, 3.8) is 0 Å². The molecule has 0 aliphatic heterocycles. The molecule has 2 aromatic carbocycles. The van der Waals surface area contributed by atoms with E-state index in [2.05, 4.69) is 15.6 Å². The molecule has 0 aliphatic carbocycles. The van der Waals surface area contributed by atoms with Crippen LogP contribution in [0.2, 0.25) is 0 Å². The van der Waals surface area contributed by atoms with Gasteiger partial charge in [0.1, 0.15) is 11.6 Å². The second-order valence-corrected chi connectivity index (χ2v) is 4.71. The van der Waals surface area contributed by atoms with E-state index in [1.165, 1.54) is 0 Å². The molecular formula is C16H15N3O2. The highest BCUT2D eigenvalue weighted by Crippen LogP contribution is 2.18.